The van der Waals surface area contributed by atoms with Crippen molar-refractivity contribution in [2.75, 3.05) is 31.5 Å². The van der Waals surface area contributed by atoms with Crippen LogP contribution in [0.3, 0.4) is 0 Å². The van der Waals surface area contributed by atoms with Gasteiger partial charge in [0.2, 0.25) is 15.9 Å². The molecule has 172 valence electrons. The smallest absolute Gasteiger partial charge is 0.253 e. The number of nitrogens with one attached hydrogen (secondary N) is 1. The number of anilines is 1. The molecule has 0 atom stereocenters. The fourth-order valence-corrected chi connectivity index (χ4v) is 5.37. The van der Waals surface area contributed by atoms with E-state index in [4.69, 9.17) is 11.6 Å². The van der Waals surface area contributed by atoms with Gasteiger partial charge in [0.05, 0.1) is 4.90 Å². The highest BCUT2D eigenvalue weighted by atomic mass is 35.5. The molecule has 1 fully saturated rings. The first kappa shape index (κ1) is 24.2. The second-order valence-electron chi connectivity index (χ2n) is 7.68. The molecule has 0 spiro atoms. The van der Waals surface area contributed by atoms with E-state index in [1.807, 2.05) is 0 Å². The van der Waals surface area contributed by atoms with Gasteiger partial charge in [-0.1, -0.05) is 25.4 Å². The predicted octanol–water partition coefficient (Wildman–Crippen LogP) is 3.86. The summed E-state index contributed by atoms with van der Waals surface area (Å²) in [4.78, 5) is 27.2. The summed E-state index contributed by atoms with van der Waals surface area (Å²) in [5.74, 6) is -0.392. The van der Waals surface area contributed by atoms with Crippen molar-refractivity contribution in [3.8, 4) is 0 Å². The summed E-state index contributed by atoms with van der Waals surface area (Å²) in [6.45, 7) is 5.39. The third kappa shape index (κ3) is 5.49. The Balaban J connectivity index is 1.56. The van der Waals surface area contributed by atoms with E-state index in [0.29, 0.717) is 55.3 Å². The molecule has 0 saturated carbocycles. The maximum Gasteiger partial charge on any atom is 0.253 e. The lowest BCUT2D eigenvalue weighted by Crippen LogP contribution is -2.41. The van der Waals surface area contributed by atoms with Crippen molar-refractivity contribution in [2.45, 2.75) is 31.6 Å². The molecule has 0 unspecified atom stereocenters. The molecule has 1 aliphatic heterocycles. The van der Waals surface area contributed by atoms with E-state index in [1.165, 1.54) is 16.4 Å². The van der Waals surface area contributed by atoms with Crippen molar-refractivity contribution in [1.29, 1.82) is 0 Å². The molecule has 0 aromatic heterocycles. The number of hydrogen-bond acceptors (Lipinski definition) is 4. The predicted molar refractivity (Wildman–Crippen MR) is 125 cm³/mol. The van der Waals surface area contributed by atoms with E-state index in [-0.39, 0.29) is 22.6 Å². The van der Waals surface area contributed by atoms with Crippen LogP contribution in [0.15, 0.2) is 53.4 Å². The second-order valence-corrected chi connectivity index (χ2v) is 10.1. The van der Waals surface area contributed by atoms with E-state index in [0.717, 1.165) is 0 Å². The van der Waals surface area contributed by atoms with Crippen LogP contribution < -0.4 is 5.32 Å². The lowest BCUT2D eigenvalue weighted by Gasteiger charge is -2.31. The fourth-order valence-electron chi connectivity index (χ4n) is 3.79. The van der Waals surface area contributed by atoms with Gasteiger partial charge >= 0.3 is 0 Å². The van der Waals surface area contributed by atoms with Gasteiger partial charge in [-0.15, -0.1) is 0 Å². The minimum Gasteiger partial charge on any atom is -0.339 e. The van der Waals surface area contributed by atoms with Crippen LogP contribution in [0.5, 0.6) is 0 Å². The molecule has 3 rings (SSSR count). The number of carbonyl (C=O) groups is 2. The Kier molecular flexibility index (Phi) is 7.92. The van der Waals surface area contributed by atoms with Gasteiger partial charge in [0, 0.05) is 48.4 Å². The molecule has 0 radical (unpaired) electrons. The summed E-state index contributed by atoms with van der Waals surface area (Å²) in [6.07, 6.45) is 1.14. The van der Waals surface area contributed by atoms with Gasteiger partial charge in [0.15, 0.2) is 0 Å². The van der Waals surface area contributed by atoms with E-state index < -0.39 is 10.0 Å². The molecule has 9 heteroatoms. The van der Waals surface area contributed by atoms with Crippen molar-refractivity contribution >= 4 is 39.1 Å². The number of sulfonamides is 1. The highest BCUT2D eigenvalue weighted by molar-refractivity contribution is 7.89. The maximum atomic E-state index is 12.7. The Morgan fingerprint density at radius 2 is 1.56 bits per heavy atom. The van der Waals surface area contributed by atoms with Gasteiger partial charge in [-0.25, -0.2) is 8.42 Å². The first-order valence-corrected chi connectivity index (χ1v) is 12.5. The lowest BCUT2D eigenvalue weighted by atomic mass is 9.95. The monoisotopic (exact) mass is 477 g/mol. The van der Waals surface area contributed by atoms with Crippen LogP contribution in [-0.4, -0.2) is 55.6 Å². The summed E-state index contributed by atoms with van der Waals surface area (Å²) in [5, 5.41) is 3.44. The first-order chi connectivity index (χ1) is 15.3. The van der Waals surface area contributed by atoms with Gasteiger partial charge in [-0.05, 0) is 61.4 Å². The molecule has 32 heavy (non-hydrogen) atoms. The zero-order valence-electron chi connectivity index (χ0n) is 18.3. The molecule has 1 saturated heterocycles. The van der Waals surface area contributed by atoms with Crippen molar-refractivity contribution in [3.05, 3.63) is 59.1 Å². The second kappa shape index (κ2) is 10.5. The SMILES string of the molecule is CCN(CC)S(=O)(=O)c1ccc(NC(=O)C2CCN(C(=O)c3ccc(Cl)cc3)CC2)cc1. The molecule has 0 bridgehead atoms. The highest BCUT2D eigenvalue weighted by Crippen LogP contribution is 2.23. The number of piperidine rings is 1. The Morgan fingerprint density at radius 1 is 1.00 bits per heavy atom. The molecule has 1 aliphatic rings. The van der Waals surface area contributed by atoms with Crippen LogP contribution in [0.1, 0.15) is 37.0 Å². The maximum absolute atomic E-state index is 12.7. The number of hydrogen-bond donors (Lipinski definition) is 1. The summed E-state index contributed by atoms with van der Waals surface area (Å²) in [6, 6.07) is 13.0. The normalized spacial score (nSPS) is 15.1. The summed E-state index contributed by atoms with van der Waals surface area (Å²) < 4.78 is 26.5. The molecule has 7 nitrogen and oxygen atoms in total. The number of rotatable bonds is 7. The number of amides is 2. The quantitative estimate of drug-likeness (QED) is 0.656. The van der Waals surface area contributed by atoms with E-state index >= 15 is 0 Å². The summed E-state index contributed by atoms with van der Waals surface area (Å²) in [7, 11) is -3.53. The van der Waals surface area contributed by atoms with Crippen LogP contribution in [0.25, 0.3) is 0 Å². The molecule has 0 aliphatic carbocycles. The van der Waals surface area contributed by atoms with Gasteiger partial charge in [0.25, 0.3) is 5.91 Å². The van der Waals surface area contributed by atoms with Gasteiger partial charge in [-0.2, -0.15) is 4.31 Å². The van der Waals surface area contributed by atoms with Crippen molar-refractivity contribution in [1.82, 2.24) is 9.21 Å². The highest BCUT2D eigenvalue weighted by Gasteiger charge is 2.28. The van der Waals surface area contributed by atoms with E-state index in [1.54, 1.807) is 55.1 Å². The van der Waals surface area contributed by atoms with Crippen molar-refractivity contribution in [2.24, 2.45) is 5.92 Å². The Hall–Kier alpha value is -2.42. The fraction of sp³-hybridized carbons (Fsp3) is 0.391. The van der Waals surface area contributed by atoms with Crippen LogP contribution in [0.2, 0.25) is 5.02 Å². The number of carbonyl (C=O) groups excluding carboxylic acids is 2. The van der Waals surface area contributed by atoms with Gasteiger partial charge in [-0.3, -0.25) is 9.59 Å². The van der Waals surface area contributed by atoms with Crippen LogP contribution in [0.4, 0.5) is 5.69 Å². The number of benzene rings is 2. The molecule has 1 N–H and O–H groups in total. The molecular formula is C23H28ClN3O4S. The minimum atomic E-state index is -3.53. The molecular weight excluding hydrogens is 450 g/mol. The van der Waals surface area contributed by atoms with E-state index in [9.17, 15) is 18.0 Å². The Morgan fingerprint density at radius 3 is 2.09 bits per heavy atom. The third-order valence-corrected chi connectivity index (χ3v) is 8.03. The van der Waals surface area contributed by atoms with Gasteiger partial charge < -0.3 is 10.2 Å². The number of halogens is 1. The molecule has 2 amide bonds. The lowest BCUT2D eigenvalue weighted by molar-refractivity contribution is -0.121. The molecule has 2 aromatic carbocycles. The number of nitrogens with zero attached hydrogens (tertiary/aromatic N) is 2. The van der Waals surface area contributed by atoms with Gasteiger partial charge in [0.1, 0.15) is 0 Å². The number of likely N-dealkylation sites (tertiary alicyclic amines) is 1. The minimum absolute atomic E-state index is 0.0643. The van der Waals surface area contributed by atoms with Crippen molar-refractivity contribution in [3.63, 3.8) is 0 Å². The first-order valence-electron chi connectivity index (χ1n) is 10.7. The standard InChI is InChI=1S/C23H28ClN3O4S/c1-3-27(4-2)32(30,31)21-11-9-20(10-12-21)25-22(28)17-13-15-26(16-14-17)23(29)18-5-7-19(24)8-6-18/h5-12,17H,3-4,13-16H2,1-2H3,(H,25,28). The average Bonchev–Trinajstić information content (AvgIpc) is 2.80. The van der Waals surface area contributed by atoms with Crippen LogP contribution >= 0.6 is 11.6 Å². The largest absolute Gasteiger partial charge is 0.339 e. The topological polar surface area (TPSA) is 86.8 Å². The summed E-state index contributed by atoms with van der Waals surface area (Å²) >= 11 is 5.88. The molecule has 2 aromatic rings. The Bertz CT molecular complexity index is 1040. The summed E-state index contributed by atoms with van der Waals surface area (Å²) in [5.41, 5.74) is 1.13. The Labute approximate surface area is 194 Å². The zero-order chi connectivity index (χ0) is 23.3. The van der Waals surface area contributed by atoms with E-state index in [2.05, 4.69) is 5.32 Å². The third-order valence-electron chi connectivity index (χ3n) is 5.71. The van der Waals surface area contributed by atoms with Crippen LogP contribution in [0, 0.1) is 5.92 Å². The average molecular weight is 478 g/mol. The van der Waals surface area contributed by atoms with Crippen LogP contribution in [-0.2, 0) is 14.8 Å². The zero-order valence-corrected chi connectivity index (χ0v) is 19.8. The van der Waals surface area contributed by atoms with Crippen molar-refractivity contribution < 1.29 is 18.0 Å². The molecule has 1 heterocycles.